The fourth-order valence-corrected chi connectivity index (χ4v) is 2.39. The van der Waals surface area contributed by atoms with Crippen LogP contribution in [0.2, 0.25) is 0 Å². The number of hydrogen-bond acceptors (Lipinski definition) is 3. The smallest absolute Gasteiger partial charge is 0.394 e. The summed E-state index contributed by atoms with van der Waals surface area (Å²) in [5.74, 6) is -1.67. The molecule has 0 fully saturated rings. The monoisotopic (exact) mass is 345 g/mol. The van der Waals surface area contributed by atoms with Crippen molar-refractivity contribution in [3.05, 3.63) is 29.3 Å². The number of alkyl halides is 3. The Kier molecular flexibility index (Phi) is 4.77. The van der Waals surface area contributed by atoms with Gasteiger partial charge in [0.15, 0.2) is 6.04 Å². The highest BCUT2D eigenvalue weighted by atomic mass is 19.4. The van der Waals surface area contributed by atoms with Gasteiger partial charge in [-0.25, -0.2) is 4.79 Å². The minimum absolute atomic E-state index is 0.296. The molecule has 132 valence electrons. The topological polar surface area (TPSA) is 75.6 Å². The lowest BCUT2D eigenvalue weighted by Gasteiger charge is -2.27. The summed E-state index contributed by atoms with van der Waals surface area (Å²) in [5.41, 5.74) is -1.14. The maximum atomic E-state index is 12.9. The second kappa shape index (κ2) is 6.33. The van der Waals surface area contributed by atoms with Crippen LogP contribution in [-0.2, 0) is 16.0 Å². The normalized spacial score (nSPS) is 15.4. The van der Waals surface area contributed by atoms with Crippen molar-refractivity contribution < 1.29 is 32.6 Å². The van der Waals surface area contributed by atoms with Crippen molar-refractivity contribution in [2.75, 3.05) is 6.61 Å². The molecule has 0 radical (unpaired) electrons. The highest BCUT2D eigenvalue weighted by Gasteiger charge is 2.48. The molecule has 24 heavy (non-hydrogen) atoms. The molecule has 0 bridgehead atoms. The zero-order valence-corrected chi connectivity index (χ0v) is 13.2. The van der Waals surface area contributed by atoms with Crippen molar-refractivity contribution in [2.45, 2.75) is 38.9 Å². The van der Waals surface area contributed by atoms with Gasteiger partial charge < -0.3 is 15.2 Å². The number of amides is 1. The number of nitrogens with one attached hydrogen (secondary N) is 1. The van der Waals surface area contributed by atoms with E-state index < -0.39 is 35.9 Å². The van der Waals surface area contributed by atoms with Crippen molar-refractivity contribution in [3.63, 3.8) is 0 Å². The van der Waals surface area contributed by atoms with E-state index >= 15 is 0 Å². The van der Waals surface area contributed by atoms with E-state index in [0.717, 1.165) is 19.4 Å². The molecule has 2 N–H and O–H groups in total. The van der Waals surface area contributed by atoms with Crippen LogP contribution in [-0.4, -0.2) is 29.8 Å². The number of carboxylic acids is 1. The fourth-order valence-electron chi connectivity index (χ4n) is 2.39. The molecule has 1 aliphatic heterocycles. The highest BCUT2D eigenvalue weighted by molar-refractivity contribution is 5.85. The molecule has 8 heteroatoms. The molecule has 0 aromatic heterocycles. The number of benzene rings is 1. The van der Waals surface area contributed by atoms with Crippen molar-refractivity contribution in [1.29, 1.82) is 0 Å². The molecule has 0 saturated carbocycles. The van der Waals surface area contributed by atoms with Crippen LogP contribution in [0.3, 0.4) is 0 Å². The van der Waals surface area contributed by atoms with E-state index in [-0.39, 0.29) is 0 Å². The van der Waals surface area contributed by atoms with Gasteiger partial charge in [0.2, 0.25) is 5.91 Å². The first-order valence-corrected chi connectivity index (χ1v) is 7.36. The zero-order valence-electron chi connectivity index (χ0n) is 13.2. The molecule has 5 nitrogen and oxygen atoms in total. The van der Waals surface area contributed by atoms with Gasteiger partial charge in [0, 0.05) is 12.8 Å². The van der Waals surface area contributed by atoms with Gasteiger partial charge in [0.1, 0.15) is 5.75 Å². The number of halogens is 3. The summed E-state index contributed by atoms with van der Waals surface area (Å²) in [7, 11) is 0. The first-order chi connectivity index (χ1) is 11.0. The molecule has 1 heterocycles. The Morgan fingerprint density at radius 2 is 2.00 bits per heavy atom. The van der Waals surface area contributed by atoms with Gasteiger partial charge in [-0.05, 0) is 23.3 Å². The van der Waals surface area contributed by atoms with E-state index in [4.69, 9.17) is 4.74 Å². The Hall–Kier alpha value is -2.25. The molecule has 1 unspecified atom stereocenters. The minimum Gasteiger partial charge on any atom is -0.493 e. The lowest BCUT2D eigenvalue weighted by Crippen LogP contribution is -2.40. The zero-order chi connectivity index (χ0) is 18.1. The van der Waals surface area contributed by atoms with E-state index in [0.29, 0.717) is 24.3 Å². The van der Waals surface area contributed by atoms with E-state index in [9.17, 15) is 27.9 Å². The molecular formula is C16H18F3NO4. The average molecular weight is 345 g/mol. The van der Waals surface area contributed by atoms with Crippen LogP contribution in [0.25, 0.3) is 0 Å². The predicted molar refractivity (Wildman–Crippen MR) is 78.6 cm³/mol. The molecule has 1 aliphatic rings. The number of fused-ring (bicyclic) bond motifs is 1. The summed E-state index contributed by atoms with van der Waals surface area (Å²) in [4.78, 5) is 23.4. The van der Waals surface area contributed by atoms with Gasteiger partial charge >= 0.3 is 12.1 Å². The second-order valence-corrected chi connectivity index (χ2v) is 6.36. The highest BCUT2D eigenvalue weighted by Crippen LogP contribution is 2.40. The van der Waals surface area contributed by atoms with Gasteiger partial charge in [0.05, 0.1) is 12.0 Å². The third-order valence-corrected chi connectivity index (χ3v) is 3.97. The minimum atomic E-state index is -4.56. The summed E-state index contributed by atoms with van der Waals surface area (Å²) in [6, 6.07) is 3.26. The van der Waals surface area contributed by atoms with Crippen LogP contribution >= 0.6 is 0 Å². The second-order valence-electron chi connectivity index (χ2n) is 6.36. The Bertz CT molecular complexity index is 655. The third kappa shape index (κ3) is 3.80. The van der Waals surface area contributed by atoms with Gasteiger partial charge in [-0.3, -0.25) is 4.79 Å². The molecule has 0 aliphatic carbocycles. The third-order valence-electron chi connectivity index (χ3n) is 3.97. The molecule has 0 saturated heterocycles. The maximum absolute atomic E-state index is 12.9. The lowest BCUT2D eigenvalue weighted by molar-refractivity contribution is -0.213. The molecule has 1 atom stereocenters. The summed E-state index contributed by atoms with van der Waals surface area (Å²) in [6.45, 7) is 2.28. The van der Waals surface area contributed by atoms with Crippen molar-refractivity contribution in [2.24, 2.45) is 5.41 Å². The summed E-state index contributed by atoms with van der Waals surface area (Å²) in [6.07, 6.45) is -4.80. The number of ether oxygens (including phenoxy) is 1. The maximum Gasteiger partial charge on any atom is 0.394 e. The summed E-state index contributed by atoms with van der Waals surface area (Å²) >= 11 is 0. The predicted octanol–water partition coefficient (Wildman–Crippen LogP) is 2.84. The van der Waals surface area contributed by atoms with E-state index in [1.54, 1.807) is 12.1 Å². The number of aliphatic carboxylic acids is 1. The lowest BCUT2D eigenvalue weighted by atomic mass is 9.88. The van der Waals surface area contributed by atoms with Gasteiger partial charge in [0.25, 0.3) is 0 Å². The van der Waals surface area contributed by atoms with E-state index in [1.165, 1.54) is 6.07 Å². The summed E-state index contributed by atoms with van der Waals surface area (Å²) in [5, 5.41) is 11.5. The number of carbonyl (C=O) groups excluding carboxylic acids is 1. The van der Waals surface area contributed by atoms with Crippen LogP contribution in [0.1, 0.15) is 37.4 Å². The van der Waals surface area contributed by atoms with Crippen LogP contribution < -0.4 is 10.1 Å². The molecular weight excluding hydrogens is 327 g/mol. The van der Waals surface area contributed by atoms with Crippen molar-refractivity contribution >= 4 is 11.9 Å². The number of rotatable bonds is 5. The van der Waals surface area contributed by atoms with Crippen LogP contribution in [0.4, 0.5) is 13.2 Å². The Morgan fingerprint density at radius 1 is 1.33 bits per heavy atom. The van der Waals surface area contributed by atoms with Gasteiger partial charge in [-0.15, -0.1) is 0 Å². The molecule has 0 spiro atoms. The Balaban J connectivity index is 2.15. The van der Waals surface area contributed by atoms with Crippen LogP contribution in [0, 0.1) is 5.41 Å². The van der Waals surface area contributed by atoms with Crippen molar-refractivity contribution in [1.82, 2.24) is 5.32 Å². The Labute approximate surface area is 136 Å². The first-order valence-electron chi connectivity index (χ1n) is 7.36. The standard InChI is InChI=1S/C16H18F3NO4/c1-15(2,16(17,18)19)8-12(21)20-13(14(22)23)10-3-4-11-9(7-10)5-6-24-11/h3-4,7,13H,5-6,8H2,1-2H3,(H,20,21)(H,22,23). The van der Waals surface area contributed by atoms with Crippen LogP contribution in [0.5, 0.6) is 5.75 Å². The van der Waals surface area contributed by atoms with Crippen molar-refractivity contribution in [3.8, 4) is 5.75 Å². The van der Waals surface area contributed by atoms with E-state index in [1.807, 2.05) is 0 Å². The quantitative estimate of drug-likeness (QED) is 0.860. The SMILES string of the molecule is CC(C)(CC(=O)NC(C(=O)O)c1ccc2c(c1)CCO2)C(F)(F)F. The summed E-state index contributed by atoms with van der Waals surface area (Å²) < 4.78 is 43.9. The number of carbonyl (C=O) groups is 2. The van der Waals surface area contributed by atoms with Crippen LogP contribution in [0.15, 0.2) is 18.2 Å². The Morgan fingerprint density at radius 3 is 2.58 bits per heavy atom. The molecule has 1 amide bonds. The largest absolute Gasteiger partial charge is 0.493 e. The molecule has 1 aromatic rings. The van der Waals surface area contributed by atoms with Gasteiger partial charge in [-0.1, -0.05) is 19.9 Å². The first kappa shape index (κ1) is 18.1. The van der Waals surface area contributed by atoms with E-state index in [2.05, 4.69) is 5.32 Å². The number of carboxylic acid groups (broad SMARTS) is 1. The molecule has 2 rings (SSSR count). The average Bonchev–Trinajstić information content (AvgIpc) is 2.89. The fraction of sp³-hybridized carbons (Fsp3) is 0.500. The molecule has 1 aromatic carbocycles. The number of hydrogen-bond donors (Lipinski definition) is 2. The van der Waals surface area contributed by atoms with Gasteiger partial charge in [-0.2, -0.15) is 13.2 Å².